The predicted molar refractivity (Wildman–Crippen MR) is 219 cm³/mol. The number of hydrogen-bond donors (Lipinski definition) is 0. The van der Waals surface area contributed by atoms with Crippen LogP contribution in [0.15, 0.2) is 54.7 Å². The van der Waals surface area contributed by atoms with Crippen LogP contribution in [0.25, 0.3) is 0 Å². The Morgan fingerprint density at radius 3 is 2.25 bits per heavy atom. The molecule has 1 aromatic heterocycles. The zero-order valence-electron chi connectivity index (χ0n) is 34.3. The van der Waals surface area contributed by atoms with Crippen LogP contribution in [0, 0.1) is 5.92 Å². The van der Waals surface area contributed by atoms with Crippen molar-refractivity contribution in [2.45, 2.75) is 90.5 Å². The lowest BCUT2D eigenvalue weighted by molar-refractivity contribution is -0.142. The maximum absolute atomic E-state index is 14.0. The number of rotatable bonds is 14. The minimum atomic E-state index is -0.579. The fraction of sp³-hybridized carbons (Fsp3) is 0.535. The Morgan fingerprint density at radius 1 is 0.964 bits per heavy atom. The largest absolute Gasteiger partial charge is 0.493 e. The van der Waals surface area contributed by atoms with Gasteiger partial charge in [-0.25, -0.2) is 9.78 Å². The monoisotopic (exact) mass is 791 g/mol. The lowest BCUT2D eigenvalue weighted by atomic mass is 9.85. The van der Waals surface area contributed by atoms with Gasteiger partial charge in [-0.3, -0.25) is 19.4 Å². The van der Waals surface area contributed by atoms with Crippen molar-refractivity contribution in [3.8, 4) is 11.5 Å². The zero-order valence-corrected chi connectivity index (χ0v) is 35.1. The van der Waals surface area contributed by atoms with Crippen LogP contribution in [0.5, 0.6) is 11.5 Å². The molecule has 56 heavy (non-hydrogen) atoms. The van der Waals surface area contributed by atoms with Crippen molar-refractivity contribution in [3.63, 3.8) is 0 Å². The zero-order chi connectivity index (χ0) is 40.7. The second kappa shape index (κ2) is 18.6. The summed E-state index contributed by atoms with van der Waals surface area (Å²) in [5, 5.41) is 0.613. The molecule has 2 aromatic carbocycles. The third-order valence-electron chi connectivity index (χ3n) is 10.4. The van der Waals surface area contributed by atoms with Crippen molar-refractivity contribution >= 4 is 41.1 Å². The third-order valence-corrected chi connectivity index (χ3v) is 10.7. The molecule has 2 aliphatic rings. The molecule has 0 radical (unpaired) electrons. The van der Waals surface area contributed by atoms with Crippen molar-refractivity contribution in [1.29, 1.82) is 0 Å². The lowest BCUT2D eigenvalue weighted by Crippen LogP contribution is -2.46. The van der Waals surface area contributed by atoms with Gasteiger partial charge in [-0.1, -0.05) is 23.7 Å². The van der Waals surface area contributed by atoms with E-state index >= 15 is 0 Å². The minimum absolute atomic E-state index is 0.0655. The van der Waals surface area contributed by atoms with E-state index in [9.17, 15) is 14.4 Å². The Hall–Kier alpha value is -4.55. The van der Waals surface area contributed by atoms with Crippen LogP contribution >= 0.6 is 11.6 Å². The number of fused-ring (bicyclic) bond motifs is 1. The number of likely N-dealkylation sites (N-methyl/N-ethyl adjacent to an activating group) is 1. The van der Waals surface area contributed by atoms with Gasteiger partial charge in [-0.2, -0.15) is 0 Å². The molecule has 3 aromatic rings. The summed E-state index contributed by atoms with van der Waals surface area (Å²) in [6.45, 7) is 11.5. The van der Waals surface area contributed by atoms with Gasteiger partial charge in [0.2, 0.25) is 5.91 Å². The molecule has 5 rings (SSSR count). The molecule has 0 bridgehead atoms. The molecular weight excluding hydrogens is 734 g/mol. The van der Waals surface area contributed by atoms with Gasteiger partial charge >= 0.3 is 12.1 Å². The first kappa shape index (κ1) is 42.6. The summed E-state index contributed by atoms with van der Waals surface area (Å²) in [6.07, 6.45) is 5.45. The number of halogens is 1. The topological polar surface area (TPSA) is 114 Å². The van der Waals surface area contributed by atoms with Crippen molar-refractivity contribution in [2.75, 3.05) is 64.3 Å². The molecule has 0 spiro atoms. The van der Waals surface area contributed by atoms with E-state index in [2.05, 4.69) is 16.8 Å². The number of pyridine rings is 1. The maximum Gasteiger partial charge on any atom is 0.410 e. The van der Waals surface area contributed by atoms with Gasteiger partial charge in [0.1, 0.15) is 11.4 Å². The summed E-state index contributed by atoms with van der Waals surface area (Å²) >= 11 is 6.30. The van der Waals surface area contributed by atoms with Crippen LogP contribution < -0.4 is 19.3 Å². The summed E-state index contributed by atoms with van der Waals surface area (Å²) in [4.78, 5) is 51.4. The standard InChI is InChI=1S/C43H58ClN5O7/c1-28(2)55-37-24-35-31(22-36(37)53-8)23-39(50)49(41(35)30-12-14-32(44)15-13-30)38-19-18-34(25-45-38)47(7)26-29-10-16-33(17-11-29)48(27-40(51)54-9)21-20-46(6)42(52)56-43(3,4)5/h12-15,18-19,22,24-25,28-29,33,41H,10-11,16-17,20-21,23,26-27H2,1-9H3. The number of esters is 1. The number of methoxy groups -OCH3 is 2. The molecule has 1 fully saturated rings. The number of hydrogen-bond acceptors (Lipinski definition) is 10. The summed E-state index contributed by atoms with van der Waals surface area (Å²) < 4.78 is 22.3. The molecule has 12 nitrogen and oxygen atoms in total. The van der Waals surface area contributed by atoms with E-state index in [-0.39, 0.29) is 43.1 Å². The van der Waals surface area contributed by atoms with Crippen molar-refractivity contribution in [3.05, 3.63) is 76.4 Å². The van der Waals surface area contributed by atoms with Crippen molar-refractivity contribution in [2.24, 2.45) is 5.92 Å². The first-order valence-corrected chi connectivity index (χ1v) is 19.8. The molecule has 2 amide bonds. The van der Waals surface area contributed by atoms with E-state index in [1.165, 1.54) is 7.11 Å². The average Bonchev–Trinajstić information content (AvgIpc) is 3.15. The summed E-state index contributed by atoms with van der Waals surface area (Å²) in [7, 11) is 6.80. The number of aromatic nitrogens is 1. The Labute approximate surface area is 337 Å². The first-order chi connectivity index (χ1) is 26.6. The first-order valence-electron chi connectivity index (χ1n) is 19.4. The van der Waals surface area contributed by atoms with Crippen LogP contribution in [-0.2, 0) is 25.5 Å². The normalized spacial score (nSPS) is 18.4. The smallest absolute Gasteiger partial charge is 0.410 e. The van der Waals surface area contributed by atoms with E-state index in [1.807, 2.05) is 89.3 Å². The highest BCUT2D eigenvalue weighted by molar-refractivity contribution is 6.30. The fourth-order valence-electron chi connectivity index (χ4n) is 7.56. The van der Waals surface area contributed by atoms with Crippen LogP contribution in [0.3, 0.4) is 0 Å². The van der Waals surface area contributed by atoms with Crippen LogP contribution in [0.1, 0.15) is 83.0 Å². The Balaban J connectivity index is 1.27. The van der Waals surface area contributed by atoms with E-state index in [4.69, 9.17) is 35.5 Å². The van der Waals surface area contributed by atoms with Gasteiger partial charge in [0.25, 0.3) is 0 Å². The predicted octanol–water partition coefficient (Wildman–Crippen LogP) is 7.55. The van der Waals surface area contributed by atoms with Gasteiger partial charge < -0.3 is 28.7 Å². The van der Waals surface area contributed by atoms with Crippen LogP contribution in [0.2, 0.25) is 5.02 Å². The number of benzene rings is 2. The van der Waals surface area contributed by atoms with Gasteiger partial charge in [0, 0.05) is 44.8 Å². The summed E-state index contributed by atoms with van der Waals surface area (Å²) in [6, 6.07) is 15.2. The number of carbonyl (C=O) groups excluding carboxylic acids is 3. The highest BCUT2D eigenvalue weighted by Gasteiger charge is 2.37. The molecule has 1 aliphatic heterocycles. The Bertz CT molecular complexity index is 1810. The molecule has 2 heterocycles. The van der Waals surface area contributed by atoms with E-state index < -0.39 is 11.6 Å². The molecule has 0 saturated heterocycles. The summed E-state index contributed by atoms with van der Waals surface area (Å²) in [5.74, 6) is 1.87. The molecule has 1 saturated carbocycles. The quantitative estimate of drug-likeness (QED) is 0.152. The Kier molecular flexibility index (Phi) is 14.1. The van der Waals surface area contributed by atoms with Crippen molar-refractivity contribution < 1.29 is 33.3 Å². The second-order valence-corrected chi connectivity index (χ2v) is 16.6. The number of nitrogens with zero attached hydrogens (tertiary/aromatic N) is 5. The molecule has 1 aliphatic carbocycles. The molecule has 1 atom stereocenters. The maximum atomic E-state index is 14.0. The number of amides is 2. The number of anilines is 2. The van der Waals surface area contributed by atoms with E-state index in [1.54, 1.807) is 24.0 Å². The molecule has 304 valence electrons. The van der Waals surface area contributed by atoms with Gasteiger partial charge in [-0.05, 0) is 119 Å². The van der Waals surface area contributed by atoms with Crippen LogP contribution in [-0.4, -0.2) is 105 Å². The van der Waals surface area contributed by atoms with Gasteiger partial charge in [0.05, 0.1) is 51.2 Å². The van der Waals surface area contributed by atoms with Gasteiger partial charge in [-0.15, -0.1) is 0 Å². The molecule has 0 N–H and O–H groups in total. The highest BCUT2D eigenvalue weighted by Crippen LogP contribution is 2.43. The number of carbonyl (C=O) groups is 3. The average molecular weight is 792 g/mol. The molecule has 1 unspecified atom stereocenters. The van der Waals surface area contributed by atoms with E-state index in [0.717, 1.165) is 54.6 Å². The fourth-order valence-corrected chi connectivity index (χ4v) is 7.68. The number of ether oxygens (including phenoxy) is 4. The Morgan fingerprint density at radius 2 is 1.66 bits per heavy atom. The van der Waals surface area contributed by atoms with Crippen molar-refractivity contribution in [1.82, 2.24) is 14.8 Å². The van der Waals surface area contributed by atoms with Crippen LogP contribution in [0.4, 0.5) is 16.3 Å². The minimum Gasteiger partial charge on any atom is -0.493 e. The molecular formula is C43H58ClN5O7. The summed E-state index contributed by atoms with van der Waals surface area (Å²) in [5.41, 5.74) is 3.11. The van der Waals surface area contributed by atoms with E-state index in [0.29, 0.717) is 41.3 Å². The SMILES string of the molecule is COC(=O)CN(CCN(C)C(=O)OC(C)(C)C)C1CCC(CN(C)c2ccc(N3C(=O)Cc4cc(OC)c(OC(C)C)cc4C3c3ccc(Cl)cc3)nc2)CC1. The lowest BCUT2D eigenvalue weighted by Gasteiger charge is -2.38. The highest BCUT2D eigenvalue weighted by atomic mass is 35.5. The van der Waals surface area contributed by atoms with Gasteiger partial charge in [0.15, 0.2) is 11.5 Å². The second-order valence-electron chi connectivity index (χ2n) is 16.1. The molecule has 13 heteroatoms. The third kappa shape index (κ3) is 10.8.